The van der Waals surface area contributed by atoms with E-state index in [0.29, 0.717) is 13.0 Å². The number of nitrogens with one attached hydrogen (secondary N) is 1. The number of benzene rings is 1. The van der Waals surface area contributed by atoms with Crippen LogP contribution in [0.4, 0.5) is 8.78 Å². The molecule has 0 amide bonds. The summed E-state index contributed by atoms with van der Waals surface area (Å²) in [6.07, 6.45) is 1.12. The van der Waals surface area contributed by atoms with E-state index in [4.69, 9.17) is 0 Å². The topological polar surface area (TPSA) is 49.3 Å². The minimum Gasteiger partial charge on any atom is -0.480 e. The predicted octanol–water partition coefficient (Wildman–Crippen LogP) is 1.71. The zero-order valence-corrected chi connectivity index (χ0v) is 9.17. The summed E-state index contributed by atoms with van der Waals surface area (Å²) < 4.78 is 26.5. The van der Waals surface area contributed by atoms with Crippen LogP contribution in [0.3, 0.4) is 0 Å². The highest BCUT2D eigenvalue weighted by molar-refractivity contribution is 5.79. The molecule has 1 saturated heterocycles. The Morgan fingerprint density at radius 3 is 2.82 bits per heavy atom. The second kappa shape index (κ2) is 4.41. The van der Waals surface area contributed by atoms with E-state index in [1.165, 1.54) is 12.1 Å². The third-order valence-electron chi connectivity index (χ3n) is 3.18. The van der Waals surface area contributed by atoms with Gasteiger partial charge in [-0.2, -0.15) is 0 Å². The van der Waals surface area contributed by atoms with Crippen molar-refractivity contribution in [2.24, 2.45) is 0 Å². The van der Waals surface area contributed by atoms with E-state index in [1.54, 1.807) is 0 Å². The van der Waals surface area contributed by atoms with Gasteiger partial charge in [0.25, 0.3) is 0 Å². The summed E-state index contributed by atoms with van der Waals surface area (Å²) in [5.74, 6) is -2.92. The molecule has 1 heterocycles. The van der Waals surface area contributed by atoms with Gasteiger partial charge in [-0.1, -0.05) is 12.1 Å². The summed E-state index contributed by atoms with van der Waals surface area (Å²) in [5.41, 5.74) is -1.06. The third-order valence-corrected chi connectivity index (χ3v) is 3.18. The van der Waals surface area contributed by atoms with Gasteiger partial charge in [0.05, 0.1) is 0 Å². The monoisotopic (exact) mass is 241 g/mol. The molecule has 0 bridgehead atoms. The quantitative estimate of drug-likeness (QED) is 0.847. The van der Waals surface area contributed by atoms with Gasteiger partial charge in [-0.05, 0) is 31.0 Å². The van der Waals surface area contributed by atoms with Gasteiger partial charge in [0.2, 0.25) is 0 Å². The van der Waals surface area contributed by atoms with Crippen LogP contribution in [-0.2, 0) is 11.2 Å². The summed E-state index contributed by atoms with van der Waals surface area (Å²) in [6.45, 7) is 0.587. The largest absolute Gasteiger partial charge is 0.480 e. The summed E-state index contributed by atoms with van der Waals surface area (Å²) >= 11 is 0. The lowest BCUT2D eigenvalue weighted by Gasteiger charge is -2.24. The molecule has 0 spiro atoms. The molecule has 0 radical (unpaired) electrons. The minimum absolute atomic E-state index is 0.0358. The molecule has 92 valence electrons. The molecule has 0 saturated carbocycles. The molecule has 1 aliphatic heterocycles. The lowest BCUT2D eigenvalue weighted by Crippen LogP contribution is -2.49. The van der Waals surface area contributed by atoms with Gasteiger partial charge in [-0.3, -0.25) is 4.79 Å². The normalized spacial score (nSPS) is 23.9. The molecule has 3 nitrogen and oxygen atoms in total. The van der Waals surface area contributed by atoms with E-state index >= 15 is 0 Å². The fraction of sp³-hybridized carbons (Fsp3) is 0.417. The number of hydrogen-bond donors (Lipinski definition) is 2. The van der Waals surface area contributed by atoms with Crippen molar-refractivity contribution in [1.82, 2.24) is 5.32 Å². The van der Waals surface area contributed by atoms with Crippen LogP contribution in [-0.4, -0.2) is 23.2 Å². The minimum atomic E-state index is -1.16. The van der Waals surface area contributed by atoms with Crippen LogP contribution in [0.2, 0.25) is 0 Å². The maximum absolute atomic E-state index is 13.5. The first-order valence-corrected chi connectivity index (χ1v) is 5.46. The van der Waals surface area contributed by atoms with Crippen LogP contribution < -0.4 is 5.32 Å². The number of carboxylic acids is 1. The predicted molar refractivity (Wildman–Crippen MR) is 57.7 cm³/mol. The first kappa shape index (κ1) is 12.0. The molecule has 1 fully saturated rings. The molecule has 2 rings (SSSR count). The standard InChI is InChI=1S/C12H13F2NO2/c13-9-4-1-3-8(10(9)14)7-12(11(16)17)5-2-6-15-12/h1,3-4,15H,2,5-7H2,(H,16,17). The van der Waals surface area contributed by atoms with Crippen LogP contribution in [0.15, 0.2) is 18.2 Å². The number of hydrogen-bond acceptors (Lipinski definition) is 2. The number of aliphatic carboxylic acids is 1. The molecular weight excluding hydrogens is 228 g/mol. The highest BCUT2D eigenvalue weighted by Crippen LogP contribution is 2.26. The average molecular weight is 241 g/mol. The first-order chi connectivity index (χ1) is 8.05. The van der Waals surface area contributed by atoms with Crippen molar-refractivity contribution in [3.63, 3.8) is 0 Å². The van der Waals surface area contributed by atoms with Crippen LogP contribution >= 0.6 is 0 Å². The Bertz CT molecular complexity index is 442. The number of carboxylic acid groups (broad SMARTS) is 1. The van der Waals surface area contributed by atoms with Crippen LogP contribution in [0.5, 0.6) is 0 Å². The van der Waals surface area contributed by atoms with E-state index in [1.807, 2.05) is 0 Å². The summed E-state index contributed by atoms with van der Waals surface area (Å²) in [7, 11) is 0. The van der Waals surface area contributed by atoms with Crippen LogP contribution in [0.25, 0.3) is 0 Å². The Balaban J connectivity index is 2.30. The summed E-state index contributed by atoms with van der Waals surface area (Å²) in [6, 6.07) is 3.83. The Hall–Kier alpha value is -1.49. The fourth-order valence-corrected chi connectivity index (χ4v) is 2.23. The van der Waals surface area contributed by atoms with E-state index in [2.05, 4.69) is 5.32 Å². The molecule has 5 heteroatoms. The van der Waals surface area contributed by atoms with Crippen molar-refractivity contribution in [2.75, 3.05) is 6.54 Å². The molecule has 2 N–H and O–H groups in total. The van der Waals surface area contributed by atoms with Crippen molar-refractivity contribution in [2.45, 2.75) is 24.8 Å². The molecule has 1 aromatic carbocycles. The fourth-order valence-electron chi connectivity index (χ4n) is 2.23. The molecule has 1 atom stereocenters. The molecule has 0 aliphatic carbocycles. The highest BCUT2D eigenvalue weighted by Gasteiger charge is 2.41. The van der Waals surface area contributed by atoms with Crippen molar-refractivity contribution in [3.8, 4) is 0 Å². The van der Waals surface area contributed by atoms with Gasteiger partial charge in [0.15, 0.2) is 11.6 Å². The van der Waals surface area contributed by atoms with Crippen molar-refractivity contribution < 1.29 is 18.7 Å². The van der Waals surface area contributed by atoms with E-state index in [-0.39, 0.29) is 12.0 Å². The van der Waals surface area contributed by atoms with Gasteiger partial charge in [-0.15, -0.1) is 0 Å². The van der Waals surface area contributed by atoms with Gasteiger partial charge < -0.3 is 10.4 Å². The Morgan fingerprint density at radius 1 is 1.47 bits per heavy atom. The molecular formula is C12H13F2NO2. The lowest BCUT2D eigenvalue weighted by atomic mass is 9.89. The number of rotatable bonds is 3. The van der Waals surface area contributed by atoms with Crippen molar-refractivity contribution in [3.05, 3.63) is 35.4 Å². The second-order valence-corrected chi connectivity index (χ2v) is 4.31. The SMILES string of the molecule is O=C(O)C1(Cc2cccc(F)c2F)CCCN1. The van der Waals surface area contributed by atoms with Gasteiger partial charge >= 0.3 is 5.97 Å². The Labute approximate surface area is 97.5 Å². The molecule has 17 heavy (non-hydrogen) atoms. The zero-order chi connectivity index (χ0) is 12.5. The van der Waals surface area contributed by atoms with Crippen LogP contribution in [0, 0.1) is 11.6 Å². The van der Waals surface area contributed by atoms with Crippen molar-refractivity contribution >= 4 is 5.97 Å². The number of carbonyl (C=O) groups is 1. The Morgan fingerprint density at radius 2 is 2.24 bits per heavy atom. The van der Waals surface area contributed by atoms with E-state index in [0.717, 1.165) is 12.5 Å². The Kier molecular flexibility index (Phi) is 3.11. The summed E-state index contributed by atoms with van der Waals surface area (Å²) in [5, 5.41) is 12.1. The lowest BCUT2D eigenvalue weighted by molar-refractivity contribution is -0.144. The van der Waals surface area contributed by atoms with Gasteiger partial charge in [0, 0.05) is 6.42 Å². The average Bonchev–Trinajstić information content (AvgIpc) is 2.75. The second-order valence-electron chi connectivity index (χ2n) is 4.31. The smallest absolute Gasteiger partial charge is 0.324 e. The molecule has 1 aromatic rings. The maximum Gasteiger partial charge on any atom is 0.324 e. The zero-order valence-electron chi connectivity index (χ0n) is 9.17. The highest BCUT2D eigenvalue weighted by atomic mass is 19.2. The summed E-state index contributed by atoms with van der Waals surface area (Å²) in [4.78, 5) is 11.2. The molecule has 1 unspecified atom stereocenters. The van der Waals surface area contributed by atoms with E-state index < -0.39 is 23.1 Å². The molecule has 0 aromatic heterocycles. The molecule has 1 aliphatic rings. The third kappa shape index (κ3) is 2.15. The first-order valence-electron chi connectivity index (χ1n) is 5.46. The van der Waals surface area contributed by atoms with Crippen molar-refractivity contribution in [1.29, 1.82) is 0 Å². The van der Waals surface area contributed by atoms with Crippen LogP contribution in [0.1, 0.15) is 18.4 Å². The number of halogens is 2. The maximum atomic E-state index is 13.5. The van der Waals surface area contributed by atoms with E-state index in [9.17, 15) is 18.7 Å². The van der Waals surface area contributed by atoms with Gasteiger partial charge in [-0.25, -0.2) is 8.78 Å². The van der Waals surface area contributed by atoms with Gasteiger partial charge in [0.1, 0.15) is 5.54 Å².